The van der Waals surface area contributed by atoms with Gasteiger partial charge in [0.1, 0.15) is 18.3 Å². The maximum Gasteiger partial charge on any atom is 0.297 e. The molecule has 0 amide bonds. The molecule has 0 spiro atoms. The van der Waals surface area contributed by atoms with E-state index in [-0.39, 0.29) is 11.5 Å². The van der Waals surface area contributed by atoms with Crippen LogP contribution in [0.15, 0.2) is 59.5 Å². The number of benzene rings is 2. The van der Waals surface area contributed by atoms with Crippen LogP contribution in [0.2, 0.25) is 0 Å². The van der Waals surface area contributed by atoms with Gasteiger partial charge in [0.15, 0.2) is 18.7 Å². The first-order valence-corrected chi connectivity index (χ1v) is 11.0. The molecule has 0 aliphatic carbocycles. The highest BCUT2D eigenvalue weighted by Crippen LogP contribution is 2.36. The van der Waals surface area contributed by atoms with E-state index in [9.17, 15) is 13.5 Å². The molecule has 162 valence electrons. The Morgan fingerprint density at radius 2 is 1.73 bits per heavy atom. The molecular weight excluding hydrogens is 412 g/mol. The molecule has 2 aromatic carbocycles. The molecule has 2 fully saturated rings. The number of hydrogen-bond donors (Lipinski definition) is 1. The van der Waals surface area contributed by atoms with Crippen LogP contribution in [0, 0.1) is 6.92 Å². The van der Waals surface area contributed by atoms with E-state index < -0.39 is 47.1 Å². The van der Waals surface area contributed by atoms with Gasteiger partial charge in [-0.25, -0.2) is 0 Å². The number of fused-ring (bicyclic) bond motifs is 1. The summed E-state index contributed by atoms with van der Waals surface area (Å²) < 4.78 is 53.5. The van der Waals surface area contributed by atoms with Crippen LogP contribution < -0.4 is 0 Å². The molecule has 2 heterocycles. The van der Waals surface area contributed by atoms with Gasteiger partial charge in [-0.2, -0.15) is 8.42 Å². The SMILES string of the molecule is CO[C@H]1O[C@@H]2CO[C@H](c3ccccc3)O[C@@H]2[C@H](O)[C@H]1OS(=O)(=O)c1ccc(C)cc1. The third-order valence-electron chi connectivity index (χ3n) is 5.16. The van der Waals surface area contributed by atoms with E-state index in [1.165, 1.54) is 19.2 Å². The first-order valence-electron chi connectivity index (χ1n) is 9.57. The van der Waals surface area contributed by atoms with E-state index in [4.69, 9.17) is 23.1 Å². The highest BCUT2D eigenvalue weighted by atomic mass is 32.2. The molecule has 0 saturated carbocycles. The van der Waals surface area contributed by atoms with Crippen LogP contribution in [0.1, 0.15) is 17.4 Å². The molecule has 1 N–H and O–H groups in total. The number of aryl methyl sites for hydroxylation is 1. The van der Waals surface area contributed by atoms with Crippen molar-refractivity contribution in [3.8, 4) is 0 Å². The van der Waals surface area contributed by atoms with Gasteiger partial charge in [-0.3, -0.25) is 4.18 Å². The quantitative estimate of drug-likeness (QED) is 0.710. The second-order valence-corrected chi connectivity index (χ2v) is 8.85. The van der Waals surface area contributed by atoms with Crippen molar-refractivity contribution in [2.75, 3.05) is 13.7 Å². The maximum absolute atomic E-state index is 12.8. The second-order valence-electron chi connectivity index (χ2n) is 7.27. The van der Waals surface area contributed by atoms with E-state index in [1.54, 1.807) is 12.1 Å². The lowest BCUT2D eigenvalue weighted by Gasteiger charge is -2.46. The van der Waals surface area contributed by atoms with Crippen LogP contribution in [0.25, 0.3) is 0 Å². The summed E-state index contributed by atoms with van der Waals surface area (Å²) in [6.07, 6.45) is -5.93. The molecule has 6 atom stereocenters. The van der Waals surface area contributed by atoms with Crippen molar-refractivity contribution < 1.29 is 36.7 Å². The van der Waals surface area contributed by atoms with Crippen LogP contribution in [0.5, 0.6) is 0 Å². The van der Waals surface area contributed by atoms with Crippen LogP contribution in [-0.2, 0) is 33.2 Å². The molecule has 4 rings (SSSR count). The van der Waals surface area contributed by atoms with Crippen LogP contribution in [0.3, 0.4) is 0 Å². The van der Waals surface area contributed by atoms with Gasteiger partial charge in [-0.15, -0.1) is 0 Å². The number of ether oxygens (including phenoxy) is 4. The van der Waals surface area contributed by atoms with Gasteiger partial charge in [0.25, 0.3) is 10.1 Å². The van der Waals surface area contributed by atoms with Crippen molar-refractivity contribution in [1.29, 1.82) is 0 Å². The predicted octanol–water partition coefficient (Wildman–Crippen LogP) is 1.92. The summed E-state index contributed by atoms with van der Waals surface area (Å²) in [6.45, 7) is 2.00. The van der Waals surface area contributed by atoms with E-state index in [0.29, 0.717) is 0 Å². The van der Waals surface area contributed by atoms with Crippen molar-refractivity contribution in [3.63, 3.8) is 0 Å². The molecule has 0 radical (unpaired) electrons. The first kappa shape index (κ1) is 21.4. The number of aliphatic hydroxyl groups excluding tert-OH is 1. The zero-order valence-electron chi connectivity index (χ0n) is 16.6. The van der Waals surface area contributed by atoms with Gasteiger partial charge < -0.3 is 24.1 Å². The fourth-order valence-corrected chi connectivity index (χ4v) is 4.62. The molecule has 0 unspecified atom stereocenters. The van der Waals surface area contributed by atoms with Gasteiger partial charge in [0.2, 0.25) is 0 Å². The van der Waals surface area contributed by atoms with Crippen molar-refractivity contribution in [1.82, 2.24) is 0 Å². The fraction of sp³-hybridized carbons (Fsp3) is 0.429. The summed E-state index contributed by atoms with van der Waals surface area (Å²) >= 11 is 0. The molecule has 8 nitrogen and oxygen atoms in total. The smallest absolute Gasteiger partial charge is 0.297 e. The third-order valence-corrected chi connectivity index (χ3v) is 6.49. The molecule has 30 heavy (non-hydrogen) atoms. The molecule has 2 aliphatic rings. The highest BCUT2D eigenvalue weighted by molar-refractivity contribution is 7.86. The van der Waals surface area contributed by atoms with Gasteiger partial charge in [0, 0.05) is 12.7 Å². The number of hydrogen-bond acceptors (Lipinski definition) is 8. The molecule has 0 bridgehead atoms. The summed E-state index contributed by atoms with van der Waals surface area (Å²) in [6, 6.07) is 15.5. The summed E-state index contributed by atoms with van der Waals surface area (Å²) in [7, 11) is -2.81. The minimum absolute atomic E-state index is 0.0210. The van der Waals surface area contributed by atoms with Crippen LogP contribution in [0.4, 0.5) is 0 Å². The fourth-order valence-electron chi connectivity index (χ4n) is 3.55. The monoisotopic (exact) mass is 436 g/mol. The average molecular weight is 436 g/mol. The molecule has 2 aromatic rings. The van der Waals surface area contributed by atoms with Gasteiger partial charge in [0.05, 0.1) is 11.5 Å². The topological polar surface area (TPSA) is 101 Å². The van der Waals surface area contributed by atoms with Crippen LogP contribution in [-0.4, -0.2) is 57.9 Å². The minimum atomic E-state index is -4.16. The Balaban J connectivity index is 1.55. The lowest BCUT2D eigenvalue weighted by atomic mass is 9.98. The molecule has 2 aliphatic heterocycles. The standard InChI is InChI=1S/C21H24O8S/c1-13-8-10-15(11-9-13)30(23,24)29-19-17(22)18-16(27-21(19)25-2)12-26-20(28-18)14-6-4-3-5-7-14/h3-11,16-22H,12H2,1-2H3/t16-,17+,18+,19-,20+,21+/m1/s1. The summed E-state index contributed by atoms with van der Waals surface area (Å²) in [5.41, 5.74) is 1.69. The highest BCUT2D eigenvalue weighted by Gasteiger charge is 2.51. The number of methoxy groups -OCH3 is 1. The Morgan fingerprint density at radius 3 is 2.40 bits per heavy atom. The van der Waals surface area contributed by atoms with Crippen molar-refractivity contribution in [3.05, 3.63) is 65.7 Å². The minimum Gasteiger partial charge on any atom is -0.387 e. The Morgan fingerprint density at radius 1 is 1.03 bits per heavy atom. The Kier molecular flexibility index (Phi) is 6.21. The van der Waals surface area contributed by atoms with E-state index in [2.05, 4.69) is 0 Å². The van der Waals surface area contributed by atoms with Gasteiger partial charge >= 0.3 is 0 Å². The third kappa shape index (κ3) is 4.28. The normalized spacial score (nSPS) is 31.8. The lowest BCUT2D eigenvalue weighted by Crippen LogP contribution is -2.63. The zero-order chi connectivity index (χ0) is 21.3. The summed E-state index contributed by atoms with van der Waals surface area (Å²) in [5.74, 6) is 0. The van der Waals surface area contributed by atoms with E-state index in [0.717, 1.165) is 11.1 Å². The Bertz CT molecular complexity index is 947. The molecule has 0 aromatic heterocycles. The van der Waals surface area contributed by atoms with E-state index >= 15 is 0 Å². The maximum atomic E-state index is 12.8. The lowest BCUT2D eigenvalue weighted by molar-refractivity contribution is -0.354. The predicted molar refractivity (Wildman–Crippen MR) is 105 cm³/mol. The zero-order valence-corrected chi connectivity index (χ0v) is 17.4. The number of aliphatic hydroxyl groups is 1. The average Bonchev–Trinajstić information content (AvgIpc) is 2.76. The molecule has 9 heteroatoms. The van der Waals surface area contributed by atoms with Crippen molar-refractivity contribution in [2.45, 2.75) is 48.8 Å². The largest absolute Gasteiger partial charge is 0.387 e. The first-order chi connectivity index (χ1) is 14.4. The molecular formula is C21H24O8S. The van der Waals surface area contributed by atoms with Crippen molar-refractivity contribution in [2.24, 2.45) is 0 Å². The molecule has 2 saturated heterocycles. The second kappa shape index (κ2) is 8.72. The van der Waals surface area contributed by atoms with E-state index in [1.807, 2.05) is 37.3 Å². The summed E-state index contributed by atoms with van der Waals surface area (Å²) in [5, 5.41) is 11.0. The van der Waals surface area contributed by atoms with Crippen molar-refractivity contribution >= 4 is 10.1 Å². The Hall–Kier alpha value is -1.85. The Labute approximate surface area is 175 Å². The number of rotatable bonds is 5. The van der Waals surface area contributed by atoms with Gasteiger partial charge in [-0.1, -0.05) is 48.0 Å². The van der Waals surface area contributed by atoms with Gasteiger partial charge in [-0.05, 0) is 19.1 Å². The summed E-state index contributed by atoms with van der Waals surface area (Å²) in [4.78, 5) is -0.0210. The van der Waals surface area contributed by atoms with Crippen LogP contribution >= 0.6 is 0 Å².